The van der Waals surface area contributed by atoms with Crippen molar-refractivity contribution < 1.29 is 4.39 Å². The molecule has 4 rings (SSSR count). The van der Waals surface area contributed by atoms with Gasteiger partial charge in [0.05, 0.1) is 6.54 Å². The molecule has 6 heteroatoms. The largest absolute Gasteiger partial charge is 0.360 e. The lowest BCUT2D eigenvalue weighted by atomic mass is 9.96. The second-order valence-electron chi connectivity index (χ2n) is 8.67. The Bertz CT molecular complexity index is 1140. The number of aromatic amines is 1. The van der Waals surface area contributed by atoms with Gasteiger partial charge in [0.25, 0.3) is 5.56 Å². The Balaban J connectivity index is 1.61. The Hall–Kier alpha value is -2.73. The predicted octanol–water partition coefficient (Wildman–Crippen LogP) is 5.44. The summed E-state index contributed by atoms with van der Waals surface area (Å²) in [6.45, 7) is 3.01. The molecule has 32 heavy (non-hydrogen) atoms. The van der Waals surface area contributed by atoms with Crippen molar-refractivity contribution in [1.29, 1.82) is 0 Å². The van der Waals surface area contributed by atoms with Gasteiger partial charge >= 0.3 is 0 Å². The van der Waals surface area contributed by atoms with Crippen molar-refractivity contribution >= 4 is 28.2 Å². The predicted molar refractivity (Wildman–Crippen MR) is 132 cm³/mol. The van der Waals surface area contributed by atoms with Gasteiger partial charge in [-0.3, -0.25) is 4.79 Å². The average molecular weight is 452 g/mol. The summed E-state index contributed by atoms with van der Waals surface area (Å²) in [6.07, 6.45) is 6.86. The average Bonchev–Trinajstić information content (AvgIpc) is 2.80. The molecule has 0 spiro atoms. The lowest BCUT2D eigenvalue weighted by molar-refractivity contribution is 0.362. The normalized spacial score (nSPS) is 14.4. The molecule has 2 aromatic carbocycles. The lowest BCUT2D eigenvalue weighted by Gasteiger charge is -2.31. The van der Waals surface area contributed by atoms with Crippen LogP contribution in [-0.2, 0) is 19.5 Å². The monoisotopic (exact) mass is 451 g/mol. The van der Waals surface area contributed by atoms with E-state index in [1.54, 1.807) is 12.1 Å². The SMILES string of the molecule is CCc1ccc2[nH]c(=O)c(CN(Cc3ccc(F)cc3)C(=S)NC3CCCCC3)cc2c1. The van der Waals surface area contributed by atoms with E-state index in [0.29, 0.717) is 29.8 Å². The van der Waals surface area contributed by atoms with Gasteiger partial charge < -0.3 is 15.2 Å². The van der Waals surface area contributed by atoms with Gasteiger partial charge in [-0.1, -0.05) is 44.4 Å². The van der Waals surface area contributed by atoms with Crippen LogP contribution in [0.2, 0.25) is 0 Å². The van der Waals surface area contributed by atoms with Gasteiger partial charge in [-0.15, -0.1) is 0 Å². The fourth-order valence-corrected chi connectivity index (χ4v) is 4.66. The molecular weight excluding hydrogens is 421 g/mol. The number of nitrogens with one attached hydrogen (secondary N) is 2. The van der Waals surface area contributed by atoms with E-state index in [2.05, 4.69) is 23.3 Å². The minimum Gasteiger partial charge on any atom is -0.360 e. The summed E-state index contributed by atoms with van der Waals surface area (Å²) in [6, 6.07) is 14.9. The van der Waals surface area contributed by atoms with Crippen LogP contribution >= 0.6 is 12.2 Å². The van der Waals surface area contributed by atoms with E-state index >= 15 is 0 Å². The number of aryl methyl sites for hydroxylation is 1. The zero-order valence-corrected chi connectivity index (χ0v) is 19.3. The summed E-state index contributed by atoms with van der Waals surface area (Å²) >= 11 is 5.79. The Morgan fingerprint density at radius 3 is 2.50 bits per heavy atom. The van der Waals surface area contributed by atoms with E-state index in [4.69, 9.17) is 12.2 Å². The Morgan fingerprint density at radius 1 is 1.06 bits per heavy atom. The first-order chi connectivity index (χ1) is 15.5. The Labute approximate surface area is 193 Å². The van der Waals surface area contributed by atoms with E-state index in [1.807, 2.05) is 23.1 Å². The van der Waals surface area contributed by atoms with Crippen LogP contribution in [0.3, 0.4) is 0 Å². The van der Waals surface area contributed by atoms with Crippen LogP contribution in [0.5, 0.6) is 0 Å². The van der Waals surface area contributed by atoms with Crippen molar-refractivity contribution in [1.82, 2.24) is 15.2 Å². The van der Waals surface area contributed by atoms with Gasteiger partial charge in [-0.25, -0.2) is 4.39 Å². The molecule has 0 aliphatic heterocycles. The second-order valence-corrected chi connectivity index (χ2v) is 9.05. The van der Waals surface area contributed by atoms with Gasteiger partial charge in [-0.2, -0.15) is 0 Å². The molecule has 0 amide bonds. The van der Waals surface area contributed by atoms with Crippen LogP contribution in [0.4, 0.5) is 4.39 Å². The summed E-state index contributed by atoms with van der Waals surface area (Å²) in [7, 11) is 0. The molecule has 0 bridgehead atoms. The molecule has 168 valence electrons. The van der Waals surface area contributed by atoms with E-state index in [0.717, 1.165) is 35.7 Å². The molecule has 1 fully saturated rings. The van der Waals surface area contributed by atoms with Gasteiger partial charge in [0, 0.05) is 23.7 Å². The number of aromatic nitrogens is 1. The van der Waals surface area contributed by atoms with Crippen molar-refractivity contribution in [3.8, 4) is 0 Å². The smallest absolute Gasteiger partial charge is 0.253 e. The third kappa shape index (κ3) is 5.54. The van der Waals surface area contributed by atoms with Crippen LogP contribution < -0.4 is 10.9 Å². The highest BCUT2D eigenvalue weighted by Crippen LogP contribution is 2.19. The first-order valence-electron chi connectivity index (χ1n) is 11.5. The summed E-state index contributed by atoms with van der Waals surface area (Å²) in [5.41, 5.74) is 3.58. The number of halogens is 1. The molecule has 3 aromatic rings. The maximum atomic E-state index is 13.4. The highest BCUT2D eigenvalue weighted by Gasteiger charge is 2.19. The van der Waals surface area contributed by atoms with E-state index in [1.165, 1.54) is 37.0 Å². The molecular formula is C26H30FN3OS. The van der Waals surface area contributed by atoms with Crippen molar-refractivity contribution in [3.05, 3.63) is 81.4 Å². The molecule has 0 atom stereocenters. The molecule has 1 aromatic heterocycles. The zero-order chi connectivity index (χ0) is 22.5. The summed E-state index contributed by atoms with van der Waals surface area (Å²) < 4.78 is 13.4. The van der Waals surface area contributed by atoms with Gasteiger partial charge in [0.1, 0.15) is 5.82 Å². The molecule has 1 heterocycles. The van der Waals surface area contributed by atoms with Crippen molar-refractivity contribution in [2.75, 3.05) is 0 Å². The fourth-order valence-electron chi connectivity index (χ4n) is 4.37. The minimum absolute atomic E-state index is 0.105. The van der Waals surface area contributed by atoms with Crippen LogP contribution in [0.25, 0.3) is 10.9 Å². The minimum atomic E-state index is -0.263. The van der Waals surface area contributed by atoms with Crippen molar-refractivity contribution in [3.63, 3.8) is 0 Å². The molecule has 0 saturated heterocycles. The number of pyridine rings is 1. The number of nitrogens with zero attached hydrogens (tertiary/aromatic N) is 1. The van der Waals surface area contributed by atoms with Gasteiger partial charge in [0.15, 0.2) is 5.11 Å². The summed E-state index contributed by atoms with van der Waals surface area (Å²) in [5, 5.41) is 5.18. The van der Waals surface area contributed by atoms with E-state index < -0.39 is 0 Å². The quantitative estimate of drug-likeness (QED) is 0.490. The van der Waals surface area contributed by atoms with Crippen molar-refractivity contribution in [2.45, 2.75) is 64.6 Å². The highest BCUT2D eigenvalue weighted by atomic mass is 32.1. The standard InChI is InChI=1S/C26H30FN3OS/c1-2-18-10-13-24-20(14-18)15-21(25(31)29-24)17-30(16-19-8-11-22(27)12-9-19)26(32)28-23-6-4-3-5-7-23/h8-15,23H,2-7,16-17H2,1H3,(H,28,32)(H,29,31). The molecule has 2 N–H and O–H groups in total. The first kappa shape index (κ1) is 22.5. The molecule has 0 unspecified atom stereocenters. The summed E-state index contributed by atoms with van der Waals surface area (Å²) in [4.78, 5) is 17.9. The van der Waals surface area contributed by atoms with Gasteiger partial charge in [-0.05, 0) is 78.3 Å². The highest BCUT2D eigenvalue weighted by molar-refractivity contribution is 7.80. The third-order valence-electron chi connectivity index (χ3n) is 6.26. The van der Waals surface area contributed by atoms with Crippen LogP contribution in [0.15, 0.2) is 53.3 Å². The topological polar surface area (TPSA) is 48.1 Å². The number of hydrogen-bond donors (Lipinski definition) is 2. The summed E-state index contributed by atoms with van der Waals surface area (Å²) in [5.74, 6) is -0.263. The Kier molecular flexibility index (Phi) is 7.20. The first-order valence-corrected chi connectivity index (χ1v) is 11.9. The number of rotatable bonds is 6. The van der Waals surface area contributed by atoms with Crippen LogP contribution in [0.1, 0.15) is 55.7 Å². The maximum absolute atomic E-state index is 13.4. The fraction of sp³-hybridized carbons (Fsp3) is 0.385. The van der Waals surface area contributed by atoms with E-state index in [-0.39, 0.29) is 11.4 Å². The second kappa shape index (κ2) is 10.3. The van der Waals surface area contributed by atoms with E-state index in [9.17, 15) is 9.18 Å². The van der Waals surface area contributed by atoms with Crippen molar-refractivity contribution in [2.24, 2.45) is 0 Å². The molecule has 4 nitrogen and oxygen atoms in total. The third-order valence-corrected chi connectivity index (χ3v) is 6.64. The molecule has 0 radical (unpaired) electrons. The Morgan fingerprint density at radius 2 is 1.78 bits per heavy atom. The van der Waals surface area contributed by atoms with Gasteiger partial charge in [0.2, 0.25) is 0 Å². The number of thiocarbonyl (C=S) groups is 1. The number of benzene rings is 2. The number of fused-ring (bicyclic) bond motifs is 1. The lowest BCUT2D eigenvalue weighted by Crippen LogP contribution is -2.45. The zero-order valence-electron chi connectivity index (χ0n) is 18.5. The van der Waals surface area contributed by atoms with Crippen LogP contribution in [0, 0.1) is 5.82 Å². The molecule has 1 aliphatic carbocycles. The maximum Gasteiger partial charge on any atom is 0.253 e. The molecule has 1 aliphatic rings. The number of H-pyrrole nitrogens is 1. The number of hydrogen-bond acceptors (Lipinski definition) is 2. The van der Waals surface area contributed by atoms with Crippen LogP contribution in [-0.4, -0.2) is 21.0 Å². The molecule has 1 saturated carbocycles.